The second kappa shape index (κ2) is 11.9. The van der Waals surface area contributed by atoms with Crippen LogP contribution in [0.2, 0.25) is 0 Å². The van der Waals surface area contributed by atoms with Gasteiger partial charge in [-0.2, -0.15) is 0 Å². The Labute approximate surface area is 193 Å². The molecule has 2 aromatic carbocycles. The highest BCUT2D eigenvalue weighted by Crippen LogP contribution is 2.32. The van der Waals surface area contributed by atoms with Gasteiger partial charge in [-0.05, 0) is 35.1 Å². The van der Waals surface area contributed by atoms with E-state index in [1.165, 1.54) is 60.8 Å². The molecule has 2 aliphatic rings. The molecule has 4 heteroatoms. The zero-order valence-electron chi connectivity index (χ0n) is 19.4. The van der Waals surface area contributed by atoms with E-state index in [1.54, 1.807) is 0 Å². The lowest BCUT2D eigenvalue weighted by Gasteiger charge is -2.17. The molecule has 0 amide bonds. The third kappa shape index (κ3) is 5.99. The minimum Gasteiger partial charge on any atom is -0.376 e. The number of fused-ring (bicyclic) bond motifs is 2. The third-order valence-corrected chi connectivity index (χ3v) is 7.17. The van der Waals surface area contributed by atoms with Gasteiger partial charge in [0.05, 0.1) is 24.3 Å². The number of benzene rings is 2. The summed E-state index contributed by atoms with van der Waals surface area (Å²) < 4.78 is 12.2. The molecule has 0 aliphatic heterocycles. The normalized spacial score (nSPS) is 23.9. The van der Waals surface area contributed by atoms with Crippen LogP contribution in [0.15, 0.2) is 48.5 Å². The lowest BCUT2D eigenvalue weighted by molar-refractivity contribution is 0.0406. The number of hydrogen-bond acceptors (Lipinski definition) is 4. The fourth-order valence-electron chi connectivity index (χ4n) is 5.24. The van der Waals surface area contributed by atoms with E-state index in [0.717, 1.165) is 38.9 Å². The lowest BCUT2D eigenvalue weighted by Crippen LogP contribution is -2.25. The van der Waals surface area contributed by atoms with Gasteiger partial charge < -0.3 is 20.9 Å². The molecule has 0 bridgehead atoms. The van der Waals surface area contributed by atoms with Gasteiger partial charge in [-0.3, -0.25) is 0 Å². The Morgan fingerprint density at radius 3 is 1.34 bits per heavy atom. The first-order chi connectivity index (χ1) is 15.7. The van der Waals surface area contributed by atoms with Gasteiger partial charge in [0.15, 0.2) is 0 Å². The summed E-state index contributed by atoms with van der Waals surface area (Å²) >= 11 is 0. The number of nitrogens with two attached hydrogens (primary N) is 2. The van der Waals surface area contributed by atoms with Crippen molar-refractivity contribution in [3.8, 4) is 0 Å². The zero-order chi connectivity index (χ0) is 22.2. The van der Waals surface area contributed by atoms with Crippen molar-refractivity contribution in [3.63, 3.8) is 0 Å². The Balaban J connectivity index is 0.954. The average Bonchev–Trinajstić information content (AvgIpc) is 3.31. The van der Waals surface area contributed by atoms with Gasteiger partial charge in [-0.15, -0.1) is 0 Å². The molecule has 4 N–H and O–H groups in total. The number of ether oxygens (including phenoxy) is 2. The van der Waals surface area contributed by atoms with Gasteiger partial charge in [0.25, 0.3) is 0 Å². The predicted molar refractivity (Wildman–Crippen MR) is 131 cm³/mol. The Hall–Kier alpha value is -1.72. The largest absolute Gasteiger partial charge is 0.376 e. The fourth-order valence-corrected chi connectivity index (χ4v) is 5.24. The van der Waals surface area contributed by atoms with Crippen LogP contribution in [-0.2, 0) is 22.3 Å². The van der Waals surface area contributed by atoms with Crippen LogP contribution in [0.4, 0.5) is 0 Å². The topological polar surface area (TPSA) is 70.5 Å². The summed E-state index contributed by atoms with van der Waals surface area (Å²) in [5.74, 6) is 0. The highest BCUT2D eigenvalue weighted by atomic mass is 16.5. The summed E-state index contributed by atoms with van der Waals surface area (Å²) in [4.78, 5) is 0. The minimum atomic E-state index is 0.0370. The number of hydrogen-bond donors (Lipinski definition) is 2. The van der Waals surface area contributed by atoms with E-state index >= 15 is 0 Å². The maximum absolute atomic E-state index is 6.34. The van der Waals surface area contributed by atoms with Crippen molar-refractivity contribution < 1.29 is 9.47 Å². The molecule has 0 saturated carbocycles. The Bertz CT molecular complexity index is 770. The molecular weight excluding hydrogens is 396 g/mol. The first-order valence-electron chi connectivity index (χ1n) is 12.6. The quantitative estimate of drug-likeness (QED) is 0.413. The summed E-state index contributed by atoms with van der Waals surface area (Å²) in [7, 11) is 0. The SMILES string of the molecule is N[C@@H]1c2ccccc2C[C@H]1OCCCCCCCCCCO[C@@H]1Cc2ccccc2[C@H]1N. The van der Waals surface area contributed by atoms with Crippen molar-refractivity contribution in [2.75, 3.05) is 13.2 Å². The van der Waals surface area contributed by atoms with Crippen LogP contribution in [0, 0.1) is 0 Å². The Kier molecular flexibility index (Phi) is 8.75. The standard InChI is InChI=1S/C28H40N2O2/c29-27-23-15-9-7-13-21(23)19-25(27)31-17-11-5-3-1-2-4-6-12-18-32-26-20-22-14-8-10-16-24(22)28(26)30/h7-10,13-16,25-28H,1-6,11-12,17-20,29-30H2/t25-,26-,27-,28-/m1/s1. The first kappa shape index (κ1) is 23.4. The molecule has 0 saturated heterocycles. The zero-order valence-corrected chi connectivity index (χ0v) is 19.4. The van der Waals surface area contributed by atoms with E-state index in [4.69, 9.17) is 20.9 Å². The van der Waals surface area contributed by atoms with Crippen LogP contribution >= 0.6 is 0 Å². The monoisotopic (exact) mass is 436 g/mol. The molecule has 32 heavy (non-hydrogen) atoms. The Morgan fingerprint density at radius 1 is 0.562 bits per heavy atom. The lowest BCUT2D eigenvalue weighted by atomic mass is 10.1. The molecule has 174 valence electrons. The van der Waals surface area contributed by atoms with Crippen LogP contribution in [0.5, 0.6) is 0 Å². The molecule has 4 nitrogen and oxygen atoms in total. The van der Waals surface area contributed by atoms with Gasteiger partial charge in [-0.25, -0.2) is 0 Å². The van der Waals surface area contributed by atoms with Crippen LogP contribution in [-0.4, -0.2) is 25.4 Å². The van der Waals surface area contributed by atoms with Crippen molar-refractivity contribution >= 4 is 0 Å². The van der Waals surface area contributed by atoms with E-state index in [-0.39, 0.29) is 24.3 Å². The number of rotatable bonds is 13. The van der Waals surface area contributed by atoms with E-state index < -0.39 is 0 Å². The molecule has 0 aromatic heterocycles. The van der Waals surface area contributed by atoms with Crippen LogP contribution < -0.4 is 11.5 Å². The van der Waals surface area contributed by atoms with Crippen molar-refractivity contribution in [1.29, 1.82) is 0 Å². The average molecular weight is 437 g/mol. The smallest absolute Gasteiger partial charge is 0.0808 e. The molecule has 2 aromatic rings. The van der Waals surface area contributed by atoms with Gasteiger partial charge >= 0.3 is 0 Å². The highest BCUT2D eigenvalue weighted by Gasteiger charge is 2.30. The first-order valence-corrected chi connectivity index (χ1v) is 12.6. The molecule has 0 radical (unpaired) electrons. The van der Waals surface area contributed by atoms with E-state index in [0.29, 0.717) is 0 Å². The van der Waals surface area contributed by atoms with Crippen molar-refractivity contribution in [2.45, 2.75) is 88.5 Å². The summed E-state index contributed by atoms with van der Waals surface area (Å²) in [5, 5.41) is 0. The van der Waals surface area contributed by atoms with Crippen LogP contribution in [0.1, 0.15) is 85.7 Å². The molecule has 4 atom stereocenters. The van der Waals surface area contributed by atoms with E-state index in [2.05, 4.69) is 48.5 Å². The van der Waals surface area contributed by atoms with Crippen molar-refractivity contribution in [1.82, 2.24) is 0 Å². The molecule has 0 spiro atoms. The summed E-state index contributed by atoms with van der Waals surface area (Å²) in [5.41, 5.74) is 17.9. The summed E-state index contributed by atoms with van der Waals surface area (Å²) in [6.45, 7) is 1.66. The minimum absolute atomic E-state index is 0.0370. The fraction of sp³-hybridized carbons (Fsp3) is 0.571. The second-order valence-corrected chi connectivity index (χ2v) is 9.50. The molecular formula is C28H40N2O2. The van der Waals surface area contributed by atoms with Gasteiger partial charge in [-0.1, -0.05) is 87.1 Å². The molecule has 4 rings (SSSR count). The third-order valence-electron chi connectivity index (χ3n) is 7.17. The van der Waals surface area contributed by atoms with Crippen LogP contribution in [0.3, 0.4) is 0 Å². The molecule has 0 heterocycles. The highest BCUT2D eigenvalue weighted by molar-refractivity contribution is 5.37. The molecule has 0 fully saturated rings. The van der Waals surface area contributed by atoms with Gasteiger partial charge in [0, 0.05) is 26.1 Å². The van der Waals surface area contributed by atoms with Crippen molar-refractivity contribution in [3.05, 3.63) is 70.8 Å². The molecule has 2 aliphatic carbocycles. The predicted octanol–water partition coefficient (Wildman–Crippen LogP) is 5.39. The van der Waals surface area contributed by atoms with E-state index in [9.17, 15) is 0 Å². The van der Waals surface area contributed by atoms with E-state index in [1.807, 2.05) is 0 Å². The van der Waals surface area contributed by atoms with Gasteiger partial charge in [0.2, 0.25) is 0 Å². The summed E-state index contributed by atoms with van der Waals surface area (Å²) in [6.07, 6.45) is 12.2. The number of unbranched alkanes of at least 4 members (excludes halogenated alkanes) is 7. The maximum atomic E-state index is 6.34. The van der Waals surface area contributed by atoms with Crippen molar-refractivity contribution in [2.24, 2.45) is 11.5 Å². The maximum Gasteiger partial charge on any atom is 0.0808 e. The molecule has 0 unspecified atom stereocenters. The van der Waals surface area contributed by atoms with Gasteiger partial charge in [0.1, 0.15) is 0 Å². The summed E-state index contributed by atoms with van der Waals surface area (Å²) in [6, 6.07) is 17.0. The second-order valence-electron chi connectivity index (χ2n) is 9.50. The Morgan fingerprint density at radius 2 is 0.938 bits per heavy atom. The van der Waals surface area contributed by atoms with Crippen LogP contribution in [0.25, 0.3) is 0 Å².